The van der Waals surface area contributed by atoms with E-state index < -0.39 is 4.92 Å². The maximum Gasteiger partial charge on any atom is 0.311 e. The third-order valence-electron chi connectivity index (χ3n) is 3.75. The SMILES string of the molecule is CCC(C)N(C)CCNCc1ccc(OC)c([N+](=O)[O-])c1. The maximum absolute atomic E-state index is 11.0. The van der Waals surface area contributed by atoms with Crippen molar-refractivity contribution < 1.29 is 9.66 Å². The van der Waals surface area contributed by atoms with Crippen molar-refractivity contribution in [3.8, 4) is 5.75 Å². The lowest BCUT2D eigenvalue weighted by Crippen LogP contribution is -2.34. The second kappa shape index (κ2) is 8.59. The molecule has 118 valence electrons. The zero-order valence-electron chi connectivity index (χ0n) is 13.3. The van der Waals surface area contributed by atoms with Gasteiger partial charge in [-0.15, -0.1) is 0 Å². The summed E-state index contributed by atoms with van der Waals surface area (Å²) in [5, 5.41) is 14.3. The number of methoxy groups -OCH3 is 1. The molecule has 0 aliphatic carbocycles. The first-order chi connectivity index (χ1) is 9.99. The largest absolute Gasteiger partial charge is 0.490 e. The quantitative estimate of drug-likeness (QED) is 0.430. The number of nitrogens with zero attached hydrogens (tertiary/aromatic N) is 2. The Bertz CT molecular complexity index is 465. The van der Waals surface area contributed by atoms with Crippen LogP contribution in [0.15, 0.2) is 18.2 Å². The molecule has 6 heteroatoms. The maximum atomic E-state index is 11.0. The van der Waals surface area contributed by atoms with E-state index in [1.54, 1.807) is 12.1 Å². The number of hydrogen-bond acceptors (Lipinski definition) is 5. The molecule has 6 nitrogen and oxygen atoms in total. The zero-order valence-corrected chi connectivity index (χ0v) is 13.3. The number of likely N-dealkylation sites (N-methyl/N-ethyl adjacent to an activating group) is 1. The molecule has 0 aliphatic heterocycles. The monoisotopic (exact) mass is 295 g/mol. The van der Waals surface area contributed by atoms with Crippen LogP contribution >= 0.6 is 0 Å². The van der Waals surface area contributed by atoms with Crippen LogP contribution in [-0.4, -0.2) is 43.1 Å². The minimum Gasteiger partial charge on any atom is -0.490 e. The predicted molar refractivity (Wildman–Crippen MR) is 83.7 cm³/mol. The van der Waals surface area contributed by atoms with E-state index in [1.165, 1.54) is 7.11 Å². The highest BCUT2D eigenvalue weighted by atomic mass is 16.6. The Labute approximate surface area is 126 Å². The number of nitrogens with one attached hydrogen (secondary N) is 1. The van der Waals surface area contributed by atoms with E-state index >= 15 is 0 Å². The van der Waals surface area contributed by atoms with E-state index in [1.807, 2.05) is 6.07 Å². The molecule has 0 spiro atoms. The summed E-state index contributed by atoms with van der Waals surface area (Å²) in [6.07, 6.45) is 1.13. The van der Waals surface area contributed by atoms with Crippen molar-refractivity contribution in [1.29, 1.82) is 0 Å². The smallest absolute Gasteiger partial charge is 0.311 e. The standard InChI is InChI=1S/C15H25N3O3/c1-5-12(2)17(3)9-8-16-11-13-6-7-15(21-4)14(10-13)18(19)20/h6-7,10,12,16H,5,8-9,11H2,1-4H3. The average Bonchev–Trinajstić information content (AvgIpc) is 2.50. The second-order valence-corrected chi connectivity index (χ2v) is 5.18. The molecular formula is C15H25N3O3. The fourth-order valence-electron chi connectivity index (χ4n) is 2.01. The molecule has 0 bridgehead atoms. The number of nitro benzene ring substituents is 1. The van der Waals surface area contributed by atoms with Gasteiger partial charge in [0.25, 0.3) is 0 Å². The molecule has 0 amide bonds. The van der Waals surface area contributed by atoms with Crippen LogP contribution in [0.25, 0.3) is 0 Å². The molecular weight excluding hydrogens is 270 g/mol. The van der Waals surface area contributed by atoms with Crippen LogP contribution in [0.4, 0.5) is 5.69 Å². The fourth-order valence-corrected chi connectivity index (χ4v) is 2.01. The first-order valence-electron chi connectivity index (χ1n) is 7.21. The molecule has 1 aromatic carbocycles. The van der Waals surface area contributed by atoms with Gasteiger partial charge in [0, 0.05) is 31.7 Å². The lowest BCUT2D eigenvalue weighted by molar-refractivity contribution is -0.385. The molecule has 1 aromatic rings. The predicted octanol–water partition coefficient (Wildman–Crippen LogP) is 2.42. The van der Waals surface area contributed by atoms with Gasteiger partial charge in [-0.05, 0) is 32.0 Å². The lowest BCUT2D eigenvalue weighted by Gasteiger charge is -2.23. The molecule has 0 saturated carbocycles. The highest BCUT2D eigenvalue weighted by Crippen LogP contribution is 2.27. The van der Waals surface area contributed by atoms with Gasteiger partial charge in [-0.2, -0.15) is 0 Å². The summed E-state index contributed by atoms with van der Waals surface area (Å²) in [6, 6.07) is 5.61. The molecule has 0 fully saturated rings. The molecule has 21 heavy (non-hydrogen) atoms. The Morgan fingerprint density at radius 2 is 2.19 bits per heavy atom. The molecule has 1 atom stereocenters. The first kappa shape index (κ1) is 17.4. The van der Waals surface area contributed by atoms with Gasteiger partial charge in [0.05, 0.1) is 12.0 Å². The summed E-state index contributed by atoms with van der Waals surface area (Å²) < 4.78 is 4.99. The van der Waals surface area contributed by atoms with Crippen molar-refractivity contribution in [1.82, 2.24) is 10.2 Å². The molecule has 0 aliphatic rings. The Kier molecular flexibility index (Phi) is 7.11. The highest BCUT2D eigenvalue weighted by Gasteiger charge is 2.14. The third kappa shape index (κ3) is 5.32. The van der Waals surface area contributed by atoms with Gasteiger partial charge in [0.2, 0.25) is 0 Å². The van der Waals surface area contributed by atoms with Crippen LogP contribution in [0.1, 0.15) is 25.8 Å². The Morgan fingerprint density at radius 3 is 2.76 bits per heavy atom. The summed E-state index contributed by atoms with van der Waals surface area (Å²) in [7, 11) is 3.54. The van der Waals surface area contributed by atoms with Crippen molar-refractivity contribution in [3.63, 3.8) is 0 Å². The molecule has 1 unspecified atom stereocenters. The Balaban J connectivity index is 2.49. The van der Waals surface area contributed by atoms with Crippen LogP contribution in [0.3, 0.4) is 0 Å². The van der Waals surface area contributed by atoms with Gasteiger partial charge in [0.1, 0.15) is 0 Å². The molecule has 1 N–H and O–H groups in total. The van der Waals surface area contributed by atoms with Crippen LogP contribution in [-0.2, 0) is 6.54 Å². The Hall–Kier alpha value is -1.66. The third-order valence-corrected chi connectivity index (χ3v) is 3.75. The average molecular weight is 295 g/mol. The van der Waals surface area contributed by atoms with Crippen molar-refractivity contribution in [2.24, 2.45) is 0 Å². The van der Waals surface area contributed by atoms with Crippen LogP contribution < -0.4 is 10.1 Å². The summed E-state index contributed by atoms with van der Waals surface area (Å²) >= 11 is 0. The normalized spacial score (nSPS) is 12.4. The van der Waals surface area contributed by atoms with Gasteiger partial charge in [0.15, 0.2) is 5.75 Å². The van der Waals surface area contributed by atoms with E-state index in [4.69, 9.17) is 4.74 Å². The van der Waals surface area contributed by atoms with Crippen LogP contribution in [0.5, 0.6) is 5.75 Å². The molecule has 0 saturated heterocycles. The van der Waals surface area contributed by atoms with Gasteiger partial charge >= 0.3 is 5.69 Å². The summed E-state index contributed by atoms with van der Waals surface area (Å²) in [5.41, 5.74) is 0.891. The summed E-state index contributed by atoms with van der Waals surface area (Å²) in [4.78, 5) is 12.8. The van der Waals surface area contributed by atoms with Gasteiger partial charge in [-0.25, -0.2) is 0 Å². The van der Waals surface area contributed by atoms with Crippen LogP contribution in [0.2, 0.25) is 0 Å². The van der Waals surface area contributed by atoms with Crippen molar-refractivity contribution in [2.75, 3.05) is 27.2 Å². The minimum atomic E-state index is -0.418. The summed E-state index contributed by atoms with van der Waals surface area (Å²) in [5.74, 6) is 0.292. The number of benzene rings is 1. The van der Waals surface area contributed by atoms with Crippen molar-refractivity contribution >= 4 is 5.69 Å². The van der Waals surface area contributed by atoms with Crippen molar-refractivity contribution in [2.45, 2.75) is 32.9 Å². The number of hydrogen-bond donors (Lipinski definition) is 1. The van der Waals surface area contributed by atoms with Gasteiger partial charge < -0.3 is 15.0 Å². The van der Waals surface area contributed by atoms with E-state index in [0.717, 1.165) is 25.1 Å². The number of rotatable bonds is 9. The molecule has 1 rings (SSSR count). The molecule has 0 aromatic heterocycles. The molecule has 0 heterocycles. The van der Waals surface area contributed by atoms with Crippen LogP contribution in [0, 0.1) is 10.1 Å². The number of nitro groups is 1. The number of ether oxygens (including phenoxy) is 1. The first-order valence-corrected chi connectivity index (χ1v) is 7.21. The topological polar surface area (TPSA) is 67.6 Å². The van der Waals surface area contributed by atoms with E-state index in [9.17, 15) is 10.1 Å². The van der Waals surface area contributed by atoms with Gasteiger partial charge in [-0.3, -0.25) is 10.1 Å². The van der Waals surface area contributed by atoms with Crippen molar-refractivity contribution in [3.05, 3.63) is 33.9 Å². The highest BCUT2D eigenvalue weighted by molar-refractivity contribution is 5.48. The van der Waals surface area contributed by atoms with E-state index in [0.29, 0.717) is 18.3 Å². The van der Waals surface area contributed by atoms with E-state index in [-0.39, 0.29) is 5.69 Å². The lowest BCUT2D eigenvalue weighted by atomic mass is 10.2. The molecule has 0 radical (unpaired) electrons. The Morgan fingerprint density at radius 1 is 1.48 bits per heavy atom. The second-order valence-electron chi connectivity index (χ2n) is 5.18. The van der Waals surface area contributed by atoms with E-state index in [2.05, 4.69) is 31.1 Å². The fraction of sp³-hybridized carbons (Fsp3) is 0.600. The minimum absolute atomic E-state index is 0.00789. The zero-order chi connectivity index (χ0) is 15.8. The van der Waals surface area contributed by atoms with Gasteiger partial charge in [-0.1, -0.05) is 13.0 Å². The summed E-state index contributed by atoms with van der Waals surface area (Å²) in [6.45, 7) is 6.78.